The first kappa shape index (κ1) is 13.9. The zero-order valence-electron chi connectivity index (χ0n) is 11.6. The van der Waals surface area contributed by atoms with Crippen LogP contribution >= 0.6 is 0 Å². The van der Waals surface area contributed by atoms with E-state index in [0.717, 1.165) is 17.8 Å². The Hall–Kier alpha value is -1.14. The summed E-state index contributed by atoms with van der Waals surface area (Å²) < 4.78 is 0. The second kappa shape index (κ2) is 6.56. The van der Waals surface area contributed by atoms with Crippen LogP contribution in [0.4, 0.5) is 0 Å². The largest absolute Gasteiger partial charge is 0.105 e. The van der Waals surface area contributed by atoms with E-state index in [1.165, 1.54) is 12.8 Å². The molecule has 5 atom stereocenters. The smallest absolute Gasteiger partial charge is 0.0989 e. The molecular formula is C17H24. The zero-order chi connectivity index (χ0) is 12.8. The summed E-state index contributed by atoms with van der Waals surface area (Å²) in [6.45, 7) is 12.5. The van der Waals surface area contributed by atoms with Crippen LogP contribution in [0.2, 0.25) is 0 Å². The number of allylic oxidation sites excluding steroid dienone is 1. The van der Waals surface area contributed by atoms with E-state index >= 15 is 0 Å². The predicted molar refractivity (Wildman–Crippen MR) is 75.1 cm³/mol. The summed E-state index contributed by atoms with van der Waals surface area (Å²) in [4.78, 5) is 0. The molecule has 0 radical (unpaired) electrons. The van der Waals surface area contributed by atoms with Crippen LogP contribution in [-0.2, 0) is 0 Å². The maximum absolute atomic E-state index is 3.76. The molecule has 0 heterocycles. The molecule has 0 aromatic carbocycles. The highest BCUT2D eigenvalue weighted by Crippen LogP contribution is 2.45. The van der Waals surface area contributed by atoms with Crippen LogP contribution < -0.4 is 0 Å². The number of rotatable bonds is 4. The average molecular weight is 228 g/mol. The van der Waals surface area contributed by atoms with Gasteiger partial charge in [-0.3, -0.25) is 0 Å². The maximum atomic E-state index is 3.76. The molecular weight excluding hydrogens is 204 g/mol. The minimum Gasteiger partial charge on any atom is -0.105 e. The fraction of sp³-hybridized carbons (Fsp3) is 0.647. The van der Waals surface area contributed by atoms with Gasteiger partial charge in [0.05, 0.1) is 5.92 Å². The van der Waals surface area contributed by atoms with E-state index in [1.54, 1.807) is 0 Å². The van der Waals surface area contributed by atoms with E-state index in [1.807, 2.05) is 13.0 Å². The molecule has 1 fully saturated rings. The second-order valence-corrected chi connectivity index (χ2v) is 5.39. The number of hydrogen-bond acceptors (Lipinski definition) is 0. The van der Waals surface area contributed by atoms with Gasteiger partial charge in [-0.25, -0.2) is 0 Å². The molecule has 0 N–H and O–H groups in total. The lowest BCUT2D eigenvalue weighted by atomic mass is 9.92. The van der Waals surface area contributed by atoms with Crippen molar-refractivity contribution in [1.82, 2.24) is 0 Å². The predicted octanol–water partition coefficient (Wildman–Crippen LogP) is 4.13. The van der Waals surface area contributed by atoms with Crippen molar-refractivity contribution in [1.29, 1.82) is 0 Å². The summed E-state index contributed by atoms with van der Waals surface area (Å²) in [6.07, 6.45) is 4.45. The van der Waals surface area contributed by atoms with Gasteiger partial charge in [-0.2, -0.15) is 0 Å². The van der Waals surface area contributed by atoms with E-state index < -0.39 is 0 Å². The Bertz CT molecular complexity index is 368. The minimum absolute atomic E-state index is 0.0394. The Kier molecular flexibility index (Phi) is 5.37. The Morgan fingerprint density at radius 2 is 1.94 bits per heavy atom. The molecule has 0 bridgehead atoms. The quantitative estimate of drug-likeness (QED) is 0.501. The summed E-state index contributed by atoms with van der Waals surface area (Å²) in [5.41, 5.74) is 0. The highest BCUT2D eigenvalue weighted by Gasteiger charge is 2.37. The SMILES string of the molecule is C=CC(C#CC)C#CC(C)CC(C)C1CC1C. The van der Waals surface area contributed by atoms with Crippen molar-refractivity contribution >= 4 is 0 Å². The highest BCUT2D eigenvalue weighted by atomic mass is 14.4. The summed E-state index contributed by atoms with van der Waals surface area (Å²) in [5.74, 6) is 15.7. The molecule has 1 aliphatic rings. The third-order valence-electron chi connectivity index (χ3n) is 3.65. The summed E-state index contributed by atoms with van der Waals surface area (Å²) >= 11 is 0. The van der Waals surface area contributed by atoms with E-state index in [2.05, 4.69) is 51.0 Å². The minimum atomic E-state index is 0.0394. The first-order valence-electron chi connectivity index (χ1n) is 6.64. The molecule has 0 nitrogen and oxygen atoms in total. The van der Waals surface area contributed by atoms with Crippen LogP contribution in [0.3, 0.4) is 0 Å². The van der Waals surface area contributed by atoms with Crippen LogP contribution in [0.5, 0.6) is 0 Å². The maximum Gasteiger partial charge on any atom is 0.0989 e. The standard InChI is InChI=1S/C17H24/c1-6-8-16(7-2)10-9-13(3)11-14(4)17-12-15(17)5/h7,13-17H,2,11-12H2,1,3-5H3. The van der Waals surface area contributed by atoms with Gasteiger partial charge in [0.25, 0.3) is 0 Å². The molecule has 1 saturated carbocycles. The van der Waals surface area contributed by atoms with E-state index in [9.17, 15) is 0 Å². The van der Waals surface area contributed by atoms with Gasteiger partial charge in [0.15, 0.2) is 0 Å². The highest BCUT2D eigenvalue weighted by molar-refractivity contribution is 5.23. The van der Waals surface area contributed by atoms with E-state index in [4.69, 9.17) is 0 Å². The average Bonchev–Trinajstić information content (AvgIpc) is 3.01. The molecule has 0 aromatic heterocycles. The Labute approximate surface area is 107 Å². The molecule has 0 aliphatic heterocycles. The van der Waals surface area contributed by atoms with Crippen molar-refractivity contribution in [3.05, 3.63) is 12.7 Å². The van der Waals surface area contributed by atoms with Crippen molar-refractivity contribution in [2.75, 3.05) is 0 Å². The fourth-order valence-corrected chi connectivity index (χ4v) is 2.48. The molecule has 92 valence electrons. The van der Waals surface area contributed by atoms with Crippen LogP contribution in [0.25, 0.3) is 0 Å². The van der Waals surface area contributed by atoms with E-state index in [0.29, 0.717) is 5.92 Å². The van der Waals surface area contributed by atoms with E-state index in [-0.39, 0.29) is 5.92 Å². The molecule has 0 amide bonds. The lowest BCUT2D eigenvalue weighted by Gasteiger charge is -2.12. The van der Waals surface area contributed by atoms with Crippen molar-refractivity contribution in [3.8, 4) is 23.7 Å². The summed E-state index contributed by atoms with van der Waals surface area (Å²) in [6, 6.07) is 0. The third-order valence-corrected chi connectivity index (χ3v) is 3.65. The first-order valence-corrected chi connectivity index (χ1v) is 6.64. The van der Waals surface area contributed by atoms with Crippen molar-refractivity contribution < 1.29 is 0 Å². The van der Waals surface area contributed by atoms with Crippen molar-refractivity contribution in [2.24, 2.45) is 29.6 Å². The van der Waals surface area contributed by atoms with Crippen LogP contribution in [0, 0.1) is 53.3 Å². The van der Waals surface area contributed by atoms with Gasteiger partial charge in [0.2, 0.25) is 0 Å². The third kappa shape index (κ3) is 4.70. The Balaban J connectivity index is 2.41. The molecule has 1 aliphatic carbocycles. The zero-order valence-corrected chi connectivity index (χ0v) is 11.6. The lowest BCUT2D eigenvalue weighted by molar-refractivity contribution is 0.410. The van der Waals surface area contributed by atoms with Gasteiger partial charge < -0.3 is 0 Å². The van der Waals surface area contributed by atoms with Gasteiger partial charge in [0.1, 0.15) is 0 Å². The van der Waals surface area contributed by atoms with Gasteiger partial charge >= 0.3 is 0 Å². The topological polar surface area (TPSA) is 0 Å². The molecule has 0 saturated heterocycles. The monoisotopic (exact) mass is 228 g/mol. The van der Waals surface area contributed by atoms with Crippen LogP contribution in [0.1, 0.15) is 40.5 Å². The molecule has 0 spiro atoms. The molecule has 0 heteroatoms. The van der Waals surface area contributed by atoms with Crippen LogP contribution in [-0.4, -0.2) is 0 Å². The molecule has 5 unspecified atom stereocenters. The van der Waals surface area contributed by atoms with Gasteiger partial charge in [0, 0.05) is 5.92 Å². The van der Waals surface area contributed by atoms with Crippen molar-refractivity contribution in [2.45, 2.75) is 40.5 Å². The normalized spacial score (nSPS) is 26.6. The summed E-state index contributed by atoms with van der Waals surface area (Å²) in [5, 5.41) is 0. The van der Waals surface area contributed by atoms with Gasteiger partial charge in [-0.05, 0) is 37.5 Å². The second-order valence-electron chi connectivity index (χ2n) is 5.39. The number of hydrogen-bond donors (Lipinski definition) is 0. The fourth-order valence-electron chi connectivity index (χ4n) is 2.48. The Morgan fingerprint density at radius 1 is 1.29 bits per heavy atom. The molecule has 0 aromatic rings. The van der Waals surface area contributed by atoms with Gasteiger partial charge in [-0.1, -0.05) is 44.6 Å². The van der Waals surface area contributed by atoms with Crippen LogP contribution in [0.15, 0.2) is 12.7 Å². The van der Waals surface area contributed by atoms with Gasteiger partial charge in [-0.15, -0.1) is 12.5 Å². The molecule has 17 heavy (non-hydrogen) atoms. The molecule has 1 rings (SSSR count). The summed E-state index contributed by atoms with van der Waals surface area (Å²) in [7, 11) is 0. The lowest BCUT2D eigenvalue weighted by Crippen LogP contribution is -2.04. The first-order chi connectivity index (χ1) is 8.08. The van der Waals surface area contributed by atoms with Crippen molar-refractivity contribution in [3.63, 3.8) is 0 Å². The Morgan fingerprint density at radius 3 is 2.41 bits per heavy atom.